The van der Waals surface area contributed by atoms with Crippen molar-refractivity contribution in [3.05, 3.63) is 59.7 Å². The van der Waals surface area contributed by atoms with E-state index in [1.165, 1.54) is 0 Å². The normalized spacial score (nSPS) is 10.2. The Balaban J connectivity index is 2.23. The number of nitrogens with one attached hydrogen (secondary N) is 1. The first-order valence-corrected chi connectivity index (χ1v) is 6.10. The van der Waals surface area contributed by atoms with Gasteiger partial charge < -0.3 is 10.1 Å². The van der Waals surface area contributed by atoms with Gasteiger partial charge in [-0.15, -0.1) is 0 Å². The van der Waals surface area contributed by atoms with Crippen molar-refractivity contribution in [1.82, 2.24) is 0 Å². The molecule has 0 aliphatic heterocycles. The SMILES string of the molecule is CCOc1ccccc1NC(=O)c1ccc(F)cc1F. The van der Waals surface area contributed by atoms with E-state index in [0.717, 1.165) is 12.1 Å². The van der Waals surface area contributed by atoms with Gasteiger partial charge in [-0.05, 0) is 31.2 Å². The van der Waals surface area contributed by atoms with Crippen molar-refractivity contribution in [1.29, 1.82) is 0 Å². The minimum Gasteiger partial charge on any atom is -0.492 e. The van der Waals surface area contributed by atoms with Crippen LogP contribution in [0.15, 0.2) is 42.5 Å². The van der Waals surface area contributed by atoms with Gasteiger partial charge in [0.05, 0.1) is 17.9 Å². The summed E-state index contributed by atoms with van der Waals surface area (Å²) in [6.45, 7) is 2.26. The molecule has 0 aromatic heterocycles. The van der Waals surface area contributed by atoms with Crippen molar-refractivity contribution >= 4 is 11.6 Å². The van der Waals surface area contributed by atoms with Crippen molar-refractivity contribution < 1.29 is 18.3 Å². The van der Waals surface area contributed by atoms with Gasteiger partial charge in [-0.2, -0.15) is 0 Å². The second-order valence-electron chi connectivity index (χ2n) is 4.01. The number of carbonyl (C=O) groups excluding carboxylic acids is 1. The van der Waals surface area contributed by atoms with Gasteiger partial charge in [-0.25, -0.2) is 8.78 Å². The van der Waals surface area contributed by atoms with Crippen molar-refractivity contribution in [3.8, 4) is 5.75 Å². The minimum atomic E-state index is -0.906. The monoisotopic (exact) mass is 277 g/mol. The number of hydrogen-bond donors (Lipinski definition) is 1. The van der Waals surface area contributed by atoms with Gasteiger partial charge in [0.2, 0.25) is 0 Å². The first-order valence-electron chi connectivity index (χ1n) is 6.10. The van der Waals surface area contributed by atoms with E-state index >= 15 is 0 Å². The first kappa shape index (κ1) is 14.0. The summed E-state index contributed by atoms with van der Waals surface area (Å²) in [5, 5.41) is 2.55. The quantitative estimate of drug-likeness (QED) is 0.927. The summed E-state index contributed by atoms with van der Waals surface area (Å²) in [6, 6.07) is 9.63. The zero-order chi connectivity index (χ0) is 14.5. The number of rotatable bonds is 4. The summed E-state index contributed by atoms with van der Waals surface area (Å²) in [7, 11) is 0. The number of ether oxygens (including phenoxy) is 1. The fourth-order valence-corrected chi connectivity index (χ4v) is 1.71. The van der Waals surface area contributed by atoms with E-state index in [4.69, 9.17) is 4.74 Å². The molecular weight excluding hydrogens is 264 g/mol. The topological polar surface area (TPSA) is 38.3 Å². The molecule has 0 fully saturated rings. The summed E-state index contributed by atoms with van der Waals surface area (Å²) in [4.78, 5) is 12.0. The molecule has 104 valence electrons. The fraction of sp³-hybridized carbons (Fsp3) is 0.133. The van der Waals surface area contributed by atoms with Gasteiger partial charge in [0.25, 0.3) is 5.91 Å². The Morgan fingerprint density at radius 2 is 1.95 bits per heavy atom. The minimum absolute atomic E-state index is 0.224. The Labute approximate surface area is 115 Å². The third-order valence-corrected chi connectivity index (χ3v) is 2.61. The molecule has 20 heavy (non-hydrogen) atoms. The van der Waals surface area contributed by atoms with Gasteiger partial charge >= 0.3 is 0 Å². The number of benzene rings is 2. The highest BCUT2D eigenvalue weighted by Gasteiger charge is 2.14. The van der Waals surface area contributed by atoms with E-state index in [-0.39, 0.29) is 5.56 Å². The average molecular weight is 277 g/mol. The van der Waals surface area contributed by atoms with Crippen LogP contribution in [-0.2, 0) is 0 Å². The smallest absolute Gasteiger partial charge is 0.258 e. The summed E-state index contributed by atoms with van der Waals surface area (Å²) in [5.74, 6) is -1.80. The van der Waals surface area contributed by atoms with Gasteiger partial charge in [0.1, 0.15) is 17.4 Å². The number of para-hydroxylation sites is 2. The number of carbonyl (C=O) groups is 1. The molecule has 0 spiro atoms. The molecule has 0 heterocycles. The molecule has 0 radical (unpaired) electrons. The zero-order valence-electron chi connectivity index (χ0n) is 10.8. The van der Waals surface area contributed by atoms with Crippen LogP contribution >= 0.6 is 0 Å². The predicted octanol–water partition coefficient (Wildman–Crippen LogP) is 3.62. The molecule has 0 aliphatic carbocycles. The number of halogens is 2. The van der Waals surface area contributed by atoms with Gasteiger partial charge in [-0.1, -0.05) is 12.1 Å². The molecule has 2 aromatic carbocycles. The van der Waals surface area contributed by atoms with Crippen LogP contribution in [0.4, 0.5) is 14.5 Å². The molecule has 0 saturated carbocycles. The molecule has 0 unspecified atom stereocenters. The Kier molecular flexibility index (Phi) is 4.30. The highest BCUT2D eigenvalue weighted by atomic mass is 19.1. The lowest BCUT2D eigenvalue weighted by atomic mass is 10.2. The fourth-order valence-electron chi connectivity index (χ4n) is 1.71. The van der Waals surface area contributed by atoms with Crippen LogP contribution < -0.4 is 10.1 Å². The van der Waals surface area contributed by atoms with Crippen LogP contribution in [0.1, 0.15) is 17.3 Å². The predicted molar refractivity (Wildman–Crippen MR) is 71.9 cm³/mol. The summed E-state index contributed by atoms with van der Waals surface area (Å²) in [5.41, 5.74) is 0.209. The standard InChI is InChI=1S/C15H13F2NO2/c1-2-20-14-6-4-3-5-13(14)18-15(19)11-8-7-10(16)9-12(11)17/h3-9H,2H2,1H3,(H,18,19). The molecule has 0 bridgehead atoms. The third kappa shape index (κ3) is 3.12. The molecule has 0 atom stereocenters. The second-order valence-corrected chi connectivity index (χ2v) is 4.01. The average Bonchev–Trinajstić information content (AvgIpc) is 2.41. The first-order chi connectivity index (χ1) is 9.61. The summed E-state index contributed by atoms with van der Waals surface area (Å²) >= 11 is 0. The Morgan fingerprint density at radius 3 is 2.65 bits per heavy atom. The maximum absolute atomic E-state index is 13.5. The van der Waals surface area contributed by atoms with Crippen LogP contribution in [0.5, 0.6) is 5.75 Å². The van der Waals surface area contributed by atoms with Crippen LogP contribution in [0.2, 0.25) is 0 Å². The number of amides is 1. The zero-order valence-corrected chi connectivity index (χ0v) is 10.8. The van der Waals surface area contributed by atoms with E-state index in [9.17, 15) is 13.6 Å². The van der Waals surface area contributed by atoms with E-state index in [1.54, 1.807) is 24.3 Å². The van der Waals surface area contributed by atoms with Crippen molar-refractivity contribution in [2.75, 3.05) is 11.9 Å². The van der Waals surface area contributed by atoms with Gasteiger partial charge in [0, 0.05) is 6.07 Å². The largest absolute Gasteiger partial charge is 0.492 e. The lowest BCUT2D eigenvalue weighted by Gasteiger charge is -2.11. The Morgan fingerprint density at radius 1 is 1.20 bits per heavy atom. The molecule has 0 aliphatic rings. The maximum atomic E-state index is 13.5. The van der Waals surface area contributed by atoms with E-state index in [1.807, 2.05) is 6.92 Å². The van der Waals surface area contributed by atoms with Gasteiger partial charge in [0.15, 0.2) is 0 Å². The molecule has 1 N–H and O–H groups in total. The molecule has 2 aromatic rings. The van der Waals surface area contributed by atoms with Crippen LogP contribution in [0, 0.1) is 11.6 Å². The lowest BCUT2D eigenvalue weighted by Crippen LogP contribution is -2.14. The Hall–Kier alpha value is -2.43. The van der Waals surface area contributed by atoms with E-state index in [0.29, 0.717) is 24.1 Å². The molecular formula is C15H13F2NO2. The molecule has 3 nitrogen and oxygen atoms in total. The van der Waals surface area contributed by atoms with Crippen LogP contribution in [-0.4, -0.2) is 12.5 Å². The molecule has 5 heteroatoms. The van der Waals surface area contributed by atoms with Crippen LogP contribution in [0.3, 0.4) is 0 Å². The Bertz CT molecular complexity index is 629. The second kappa shape index (κ2) is 6.14. The highest BCUT2D eigenvalue weighted by Crippen LogP contribution is 2.24. The van der Waals surface area contributed by atoms with Crippen molar-refractivity contribution in [2.24, 2.45) is 0 Å². The summed E-state index contributed by atoms with van der Waals surface area (Å²) in [6.07, 6.45) is 0. The third-order valence-electron chi connectivity index (χ3n) is 2.61. The maximum Gasteiger partial charge on any atom is 0.258 e. The highest BCUT2D eigenvalue weighted by molar-refractivity contribution is 6.05. The number of hydrogen-bond acceptors (Lipinski definition) is 2. The van der Waals surface area contributed by atoms with Crippen molar-refractivity contribution in [3.63, 3.8) is 0 Å². The van der Waals surface area contributed by atoms with Gasteiger partial charge in [-0.3, -0.25) is 4.79 Å². The summed E-state index contributed by atoms with van der Waals surface area (Å²) < 4.78 is 31.7. The lowest BCUT2D eigenvalue weighted by molar-refractivity contribution is 0.102. The van der Waals surface area contributed by atoms with Crippen molar-refractivity contribution in [2.45, 2.75) is 6.92 Å². The molecule has 2 rings (SSSR count). The van der Waals surface area contributed by atoms with E-state index < -0.39 is 17.5 Å². The molecule has 1 amide bonds. The van der Waals surface area contributed by atoms with Crippen LogP contribution in [0.25, 0.3) is 0 Å². The number of anilines is 1. The molecule has 0 saturated heterocycles. The van der Waals surface area contributed by atoms with E-state index in [2.05, 4.69) is 5.32 Å².